The molecule has 0 N–H and O–H groups in total. The largest absolute Gasteiger partial charge is 0.492 e. The zero-order valence-electron chi connectivity index (χ0n) is 17.9. The van der Waals surface area contributed by atoms with Gasteiger partial charge in [0, 0.05) is 17.3 Å². The van der Waals surface area contributed by atoms with Gasteiger partial charge in [-0.1, -0.05) is 40.6 Å². The molecule has 0 aliphatic heterocycles. The Kier molecular flexibility index (Phi) is 6.69. The van der Waals surface area contributed by atoms with Crippen molar-refractivity contribution in [1.82, 2.24) is 14.8 Å². The van der Waals surface area contributed by atoms with Crippen molar-refractivity contribution >= 4 is 55.8 Å². The van der Waals surface area contributed by atoms with E-state index in [-0.39, 0.29) is 5.91 Å². The normalized spacial score (nSPS) is 11.2. The van der Waals surface area contributed by atoms with Crippen molar-refractivity contribution in [3.8, 4) is 5.75 Å². The van der Waals surface area contributed by atoms with Crippen LogP contribution in [0.2, 0.25) is 10.0 Å². The van der Waals surface area contributed by atoms with Crippen molar-refractivity contribution < 1.29 is 9.53 Å². The van der Waals surface area contributed by atoms with Gasteiger partial charge in [-0.15, -0.1) is 0 Å². The average molecular weight is 489 g/mol. The standard InChI is InChI=1S/C23H22Cl2N4O2S/c1-4-31-19-6-5-7-20-21(19)26-23(32-20)28(10-11-29-15(3)12-14(2)27-29)22(30)17-9-8-16(24)13-18(17)25/h5-9,12-13H,4,10-11H2,1-3H3. The second-order valence-corrected chi connectivity index (χ2v) is 9.12. The Morgan fingerprint density at radius 3 is 2.69 bits per heavy atom. The maximum absolute atomic E-state index is 13.6. The summed E-state index contributed by atoms with van der Waals surface area (Å²) in [6.45, 7) is 7.30. The molecule has 4 aromatic rings. The number of hydrogen-bond acceptors (Lipinski definition) is 5. The number of fused-ring (bicyclic) bond motifs is 1. The maximum Gasteiger partial charge on any atom is 0.261 e. The molecule has 4 rings (SSSR count). The van der Waals surface area contributed by atoms with Crippen LogP contribution in [0.25, 0.3) is 10.2 Å². The molecule has 0 atom stereocenters. The van der Waals surface area contributed by atoms with Crippen molar-refractivity contribution in [2.45, 2.75) is 27.3 Å². The van der Waals surface area contributed by atoms with E-state index < -0.39 is 0 Å². The number of carbonyl (C=O) groups excluding carboxylic acids is 1. The van der Waals surface area contributed by atoms with Crippen LogP contribution in [-0.4, -0.2) is 33.8 Å². The van der Waals surface area contributed by atoms with Crippen molar-refractivity contribution in [2.24, 2.45) is 0 Å². The van der Waals surface area contributed by atoms with Gasteiger partial charge in [-0.3, -0.25) is 14.4 Å². The Morgan fingerprint density at radius 1 is 1.19 bits per heavy atom. The van der Waals surface area contributed by atoms with Crippen LogP contribution in [0.5, 0.6) is 5.75 Å². The first-order chi connectivity index (χ1) is 15.4. The van der Waals surface area contributed by atoms with Crippen LogP contribution in [0.1, 0.15) is 28.7 Å². The number of nitrogens with zero attached hydrogens (tertiary/aromatic N) is 4. The first-order valence-corrected chi connectivity index (χ1v) is 11.7. The van der Waals surface area contributed by atoms with E-state index >= 15 is 0 Å². The van der Waals surface area contributed by atoms with Gasteiger partial charge in [0.25, 0.3) is 5.91 Å². The summed E-state index contributed by atoms with van der Waals surface area (Å²) in [5, 5.41) is 5.87. The molecule has 0 radical (unpaired) electrons. The molecule has 32 heavy (non-hydrogen) atoms. The molecule has 0 saturated carbocycles. The van der Waals surface area contributed by atoms with E-state index in [1.54, 1.807) is 23.1 Å². The zero-order chi connectivity index (χ0) is 22.8. The van der Waals surface area contributed by atoms with E-state index in [0.29, 0.717) is 46.2 Å². The Labute approximate surface area is 200 Å². The fourth-order valence-electron chi connectivity index (χ4n) is 3.49. The zero-order valence-corrected chi connectivity index (χ0v) is 20.3. The number of benzene rings is 2. The highest BCUT2D eigenvalue weighted by molar-refractivity contribution is 7.22. The molecule has 0 bridgehead atoms. The van der Waals surface area contributed by atoms with Gasteiger partial charge in [0.2, 0.25) is 0 Å². The molecule has 6 nitrogen and oxygen atoms in total. The number of halogens is 2. The SMILES string of the molecule is CCOc1cccc2sc(N(CCn3nc(C)cc3C)C(=O)c3ccc(Cl)cc3Cl)nc12. The molecule has 0 unspecified atom stereocenters. The summed E-state index contributed by atoms with van der Waals surface area (Å²) < 4.78 is 8.56. The quantitative estimate of drug-likeness (QED) is 0.312. The molecule has 166 valence electrons. The average Bonchev–Trinajstić information content (AvgIpc) is 3.31. The summed E-state index contributed by atoms with van der Waals surface area (Å²) in [7, 11) is 0. The van der Waals surface area contributed by atoms with Gasteiger partial charge < -0.3 is 4.74 Å². The van der Waals surface area contributed by atoms with Gasteiger partial charge in [-0.25, -0.2) is 4.98 Å². The number of aryl methyl sites for hydroxylation is 2. The van der Waals surface area contributed by atoms with Crippen molar-refractivity contribution in [1.29, 1.82) is 0 Å². The number of carbonyl (C=O) groups is 1. The van der Waals surface area contributed by atoms with Crippen LogP contribution in [0, 0.1) is 13.8 Å². The number of amides is 1. The Hall–Kier alpha value is -2.61. The lowest BCUT2D eigenvalue weighted by atomic mass is 10.2. The van der Waals surface area contributed by atoms with Gasteiger partial charge in [-0.2, -0.15) is 5.10 Å². The maximum atomic E-state index is 13.6. The predicted molar refractivity (Wildman–Crippen MR) is 131 cm³/mol. The van der Waals surface area contributed by atoms with Crippen LogP contribution in [-0.2, 0) is 6.54 Å². The molecule has 0 fully saturated rings. The number of anilines is 1. The van der Waals surface area contributed by atoms with Gasteiger partial charge in [0.1, 0.15) is 11.3 Å². The van der Waals surface area contributed by atoms with E-state index in [9.17, 15) is 4.79 Å². The highest BCUT2D eigenvalue weighted by Crippen LogP contribution is 2.35. The first kappa shape index (κ1) is 22.6. The van der Waals surface area contributed by atoms with E-state index in [2.05, 4.69) is 5.10 Å². The van der Waals surface area contributed by atoms with Gasteiger partial charge in [0.15, 0.2) is 5.13 Å². The minimum Gasteiger partial charge on any atom is -0.492 e. The number of ether oxygens (including phenoxy) is 1. The van der Waals surface area contributed by atoms with Crippen molar-refractivity contribution in [2.75, 3.05) is 18.1 Å². The van der Waals surface area contributed by atoms with E-state index in [4.69, 9.17) is 32.9 Å². The van der Waals surface area contributed by atoms with E-state index in [0.717, 1.165) is 21.6 Å². The molecule has 2 aromatic carbocycles. The highest BCUT2D eigenvalue weighted by Gasteiger charge is 2.24. The third-order valence-electron chi connectivity index (χ3n) is 4.95. The Bertz CT molecular complexity index is 1280. The monoisotopic (exact) mass is 488 g/mol. The minimum atomic E-state index is -0.245. The second-order valence-electron chi connectivity index (χ2n) is 7.26. The predicted octanol–water partition coefficient (Wildman–Crippen LogP) is 6.16. The van der Waals surface area contributed by atoms with E-state index in [1.165, 1.54) is 11.3 Å². The van der Waals surface area contributed by atoms with Crippen LogP contribution in [0.4, 0.5) is 5.13 Å². The molecule has 0 aliphatic rings. The lowest BCUT2D eigenvalue weighted by molar-refractivity contribution is 0.0986. The molecule has 2 heterocycles. The van der Waals surface area contributed by atoms with Gasteiger partial charge >= 0.3 is 0 Å². The minimum absolute atomic E-state index is 0.245. The van der Waals surface area contributed by atoms with E-state index in [1.807, 2.05) is 49.7 Å². The van der Waals surface area contributed by atoms with Crippen LogP contribution in [0.3, 0.4) is 0 Å². The van der Waals surface area contributed by atoms with Crippen LogP contribution in [0.15, 0.2) is 42.5 Å². The summed E-state index contributed by atoms with van der Waals surface area (Å²) in [5.41, 5.74) is 3.07. The number of aromatic nitrogens is 3. The first-order valence-electron chi connectivity index (χ1n) is 10.2. The van der Waals surface area contributed by atoms with Crippen LogP contribution < -0.4 is 9.64 Å². The molecule has 2 aromatic heterocycles. The second kappa shape index (κ2) is 9.48. The fraction of sp³-hybridized carbons (Fsp3) is 0.261. The molecule has 0 aliphatic carbocycles. The summed E-state index contributed by atoms with van der Waals surface area (Å²) in [6, 6.07) is 12.7. The third kappa shape index (κ3) is 4.60. The molecule has 1 amide bonds. The van der Waals surface area contributed by atoms with Crippen LogP contribution >= 0.6 is 34.5 Å². The summed E-state index contributed by atoms with van der Waals surface area (Å²) in [5.74, 6) is 0.452. The lowest BCUT2D eigenvalue weighted by Gasteiger charge is -2.21. The molecule has 0 saturated heterocycles. The lowest BCUT2D eigenvalue weighted by Crippen LogP contribution is -2.34. The third-order valence-corrected chi connectivity index (χ3v) is 6.54. The van der Waals surface area contributed by atoms with Crippen molar-refractivity contribution in [3.63, 3.8) is 0 Å². The molecular formula is C23H22Cl2N4O2S. The summed E-state index contributed by atoms with van der Waals surface area (Å²) in [6.07, 6.45) is 0. The number of para-hydroxylation sites is 1. The highest BCUT2D eigenvalue weighted by atomic mass is 35.5. The summed E-state index contributed by atoms with van der Waals surface area (Å²) in [4.78, 5) is 20.0. The Balaban J connectivity index is 1.74. The van der Waals surface area contributed by atoms with Crippen molar-refractivity contribution in [3.05, 3.63) is 69.5 Å². The molecule has 9 heteroatoms. The van der Waals surface area contributed by atoms with Gasteiger partial charge in [-0.05, 0) is 57.2 Å². The smallest absolute Gasteiger partial charge is 0.261 e. The topological polar surface area (TPSA) is 60.2 Å². The summed E-state index contributed by atoms with van der Waals surface area (Å²) >= 11 is 13.8. The Morgan fingerprint density at radius 2 is 2.00 bits per heavy atom. The molecular weight excluding hydrogens is 467 g/mol. The molecule has 0 spiro atoms. The van der Waals surface area contributed by atoms with Gasteiger partial charge in [0.05, 0.1) is 34.1 Å². The number of hydrogen-bond donors (Lipinski definition) is 0. The number of thiazole rings is 1. The number of rotatable bonds is 7. The fourth-order valence-corrected chi connectivity index (χ4v) is 4.98.